The van der Waals surface area contributed by atoms with Crippen LogP contribution in [0.5, 0.6) is 0 Å². The summed E-state index contributed by atoms with van der Waals surface area (Å²) in [6.07, 6.45) is 0. The van der Waals surface area contributed by atoms with Gasteiger partial charge in [-0.25, -0.2) is 9.97 Å². The van der Waals surface area contributed by atoms with Gasteiger partial charge >= 0.3 is 0 Å². The second-order valence-electron chi connectivity index (χ2n) is 6.78. The van der Waals surface area contributed by atoms with Crippen LogP contribution in [0.1, 0.15) is 25.0 Å². The van der Waals surface area contributed by atoms with Crippen LogP contribution >= 0.6 is 0 Å². The number of benzene rings is 2. The van der Waals surface area contributed by atoms with Gasteiger partial charge in [-0.15, -0.1) is 0 Å². The van der Waals surface area contributed by atoms with Crippen LogP contribution in [0.4, 0.5) is 0 Å². The highest BCUT2D eigenvalue weighted by atomic mass is 14.8. The molecule has 0 unspecified atom stereocenters. The lowest BCUT2D eigenvalue weighted by Gasteiger charge is -2.21. The van der Waals surface area contributed by atoms with E-state index in [0.29, 0.717) is 0 Å². The molecule has 0 saturated carbocycles. The molecular weight excluding hydrogens is 280 g/mol. The van der Waals surface area contributed by atoms with Gasteiger partial charge in [0, 0.05) is 16.2 Å². The molecule has 23 heavy (non-hydrogen) atoms. The molecule has 2 aromatic heterocycles. The molecule has 0 atom stereocenters. The first kappa shape index (κ1) is 12.8. The van der Waals surface area contributed by atoms with Gasteiger partial charge in [-0.3, -0.25) is 0 Å². The summed E-state index contributed by atoms with van der Waals surface area (Å²) < 4.78 is 0. The van der Waals surface area contributed by atoms with E-state index in [4.69, 9.17) is 9.97 Å². The zero-order valence-corrected chi connectivity index (χ0v) is 13.2. The molecule has 110 valence electrons. The molecule has 0 bridgehead atoms. The van der Waals surface area contributed by atoms with Crippen molar-refractivity contribution in [2.75, 3.05) is 0 Å². The van der Waals surface area contributed by atoms with E-state index in [1.165, 1.54) is 21.9 Å². The Kier molecular flexibility index (Phi) is 2.31. The largest absolute Gasteiger partial charge is 0.246 e. The third-order valence-corrected chi connectivity index (χ3v) is 5.02. The first-order valence-corrected chi connectivity index (χ1v) is 7.95. The van der Waals surface area contributed by atoms with Crippen molar-refractivity contribution < 1.29 is 0 Å². The Bertz CT molecular complexity index is 1010. The van der Waals surface area contributed by atoms with Crippen molar-refractivity contribution in [2.45, 2.75) is 19.3 Å². The average molecular weight is 296 g/mol. The fourth-order valence-electron chi connectivity index (χ4n) is 3.69. The zero-order chi connectivity index (χ0) is 15.6. The zero-order valence-electron chi connectivity index (χ0n) is 13.2. The molecule has 2 heteroatoms. The predicted octanol–water partition coefficient (Wildman–Crippen LogP) is 5.09. The minimum absolute atomic E-state index is 0.0707. The highest BCUT2D eigenvalue weighted by molar-refractivity contribution is 5.91. The molecular formula is C21H16N2. The van der Waals surface area contributed by atoms with E-state index in [1.54, 1.807) is 0 Å². The summed E-state index contributed by atoms with van der Waals surface area (Å²) in [4.78, 5) is 9.87. The molecule has 1 aliphatic carbocycles. The molecule has 5 rings (SSSR count). The van der Waals surface area contributed by atoms with Gasteiger partial charge in [0.15, 0.2) is 0 Å². The fourth-order valence-corrected chi connectivity index (χ4v) is 3.69. The number of fused-ring (bicyclic) bond motifs is 5. The van der Waals surface area contributed by atoms with Crippen molar-refractivity contribution in [3.63, 3.8) is 0 Å². The van der Waals surface area contributed by atoms with Crippen LogP contribution < -0.4 is 0 Å². The standard InChI is InChI=1S/C21H16N2/c1-21(2)15-11-13-7-3-5-9-17(13)22-19(15)20-16(21)12-14-8-4-6-10-18(14)23-20/h3-12H,1-2H3. The van der Waals surface area contributed by atoms with Crippen molar-refractivity contribution in [2.24, 2.45) is 0 Å². The lowest BCUT2D eigenvalue weighted by molar-refractivity contribution is 0.660. The number of para-hydroxylation sites is 2. The molecule has 0 spiro atoms. The molecule has 2 aromatic carbocycles. The molecule has 0 amide bonds. The molecule has 2 heterocycles. The molecule has 0 saturated heterocycles. The Balaban J connectivity index is 1.92. The summed E-state index contributed by atoms with van der Waals surface area (Å²) >= 11 is 0. The number of rotatable bonds is 0. The van der Waals surface area contributed by atoms with E-state index in [9.17, 15) is 0 Å². The lowest BCUT2D eigenvalue weighted by Crippen LogP contribution is -2.15. The van der Waals surface area contributed by atoms with Crippen LogP contribution in [0.2, 0.25) is 0 Å². The summed E-state index contributed by atoms with van der Waals surface area (Å²) in [5.41, 5.74) is 6.61. The molecule has 0 radical (unpaired) electrons. The molecule has 0 N–H and O–H groups in total. The third-order valence-electron chi connectivity index (χ3n) is 5.02. The fraction of sp³-hybridized carbons (Fsp3) is 0.143. The Morgan fingerprint density at radius 3 is 1.57 bits per heavy atom. The number of pyridine rings is 2. The number of hydrogen-bond acceptors (Lipinski definition) is 2. The quantitative estimate of drug-likeness (QED) is 0.452. The summed E-state index contributed by atoms with van der Waals surface area (Å²) in [5.74, 6) is 0. The Labute approximate surface area is 134 Å². The topological polar surface area (TPSA) is 25.8 Å². The van der Waals surface area contributed by atoms with Crippen LogP contribution in [0, 0.1) is 0 Å². The van der Waals surface area contributed by atoms with Crippen LogP contribution in [0.15, 0.2) is 60.7 Å². The van der Waals surface area contributed by atoms with Gasteiger partial charge in [-0.2, -0.15) is 0 Å². The summed E-state index contributed by atoms with van der Waals surface area (Å²) in [6.45, 7) is 4.54. The first-order valence-electron chi connectivity index (χ1n) is 7.95. The van der Waals surface area contributed by atoms with Gasteiger partial charge in [0.2, 0.25) is 0 Å². The van der Waals surface area contributed by atoms with Gasteiger partial charge in [0.05, 0.1) is 22.4 Å². The third kappa shape index (κ3) is 1.63. The van der Waals surface area contributed by atoms with Crippen LogP contribution in [0.25, 0.3) is 33.2 Å². The monoisotopic (exact) mass is 296 g/mol. The van der Waals surface area contributed by atoms with Gasteiger partial charge in [-0.05, 0) is 35.4 Å². The van der Waals surface area contributed by atoms with E-state index in [2.05, 4.69) is 62.4 Å². The van der Waals surface area contributed by atoms with Crippen LogP contribution in [0.3, 0.4) is 0 Å². The summed E-state index contributed by atoms with van der Waals surface area (Å²) in [6, 6.07) is 21.2. The van der Waals surface area contributed by atoms with Crippen molar-refractivity contribution in [3.05, 3.63) is 71.8 Å². The molecule has 0 aliphatic heterocycles. The van der Waals surface area contributed by atoms with Crippen LogP contribution in [-0.4, -0.2) is 9.97 Å². The molecule has 4 aromatic rings. The minimum Gasteiger partial charge on any atom is -0.246 e. The number of nitrogens with zero attached hydrogens (tertiary/aromatic N) is 2. The SMILES string of the molecule is CC1(C)c2cc3ccccc3nc2-c2nc3ccccc3cc21. The maximum Gasteiger partial charge on any atom is 0.0938 e. The maximum atomic E-state index is 4.94. The highest BCUT2D eigenvalue weighted by Gasteiger charge is 2.38. The Morgan fingerprint density at radius 2 is 1.09 bits per heavy atom. The van der Waals surface area contributed by atoms with E-state index in [1.807, 2.05) is 12.1 Å². The number of hydrogen-bond donors (Lipinski definition) is 0. The second-order valence-corrected chi connectivity index (χ2v) is 6.78. The van der Waals surface area contributed by atoms with Crippen LogP contribution in [-0.2, 0) is 5.41 Å². The van der Waals surface area contributed by atoms with Crippen molar-refractivity contribution in [1.82, 2.24) is 9.97 Å². The van der Waals surface area contributed by atoms with E-state index in [-0.39, 0.29) is 5.41 Å². The number of aromatic nitrogens is 2. The smallest absolute Gasteiger partial charge is 0.0938 e. The maximum absolute atomic E-state index is 4.94. The first-order chi connectivity index (χ1) is 11.1. The van der Waals surface area contributed by atoms with Gasteiger partial charge < -0.3 is 0 Å². The Hall–Kier alpha value is -2.74. The van der Waals surface area contributed by atoms with Gasteiger partial charge in [-0.1, -0.05) is 50.2 Å². The highest BCUT2D eigenvalue weighted by Crippen LogP contribution is 2.48. The second kappa shape index (κ2) is 4.17. The lowest BCUT2D eigenvalue weighted by atomic mass is 9.82. The molecule has 0 fully saturated rings. The Morgan fingerprint density at radius 1 is 0.652 bits per heavy atom. The van der Waals surface area contributed by atoms with Gasteiger partial charge in [0.1, 0.15) is 0 Å². The molecule has 2 nitrogen and oxygen atoms in total. The van der Waals surface area contributed by atoms with Gasteiger partial charge in [0.25, 0.3) is 0 Å². The van der Waals surface area contributed by atoms with Crippen molar-refractivity contribution in [1.29, 1.82) is 0 Å². The summed E-state index contributed by atoms with van der Waals surface area (Å²) in [7, 11) is 0. The minimum atomic E-state index is -0.0707. The van der Waals surface area contributed by atoms with E-state index in [0.717, 1.165) is 22.4 Å². The van der Waals surface area contributed by atoms with E-state index >= 15 is 0 Å². The van der Waals surface area contributed by atoms with Crippen molar-refractivity contribution in [3.8, 4) is 11.4 Å². The summed E-state index contributed by atoms with van der Waals surface area (Å²) in [5, 5.41) is 2.38. The average Bonchev–Trinajstić information content (AvgIpc) is 2.79. The van der Waals surface area contributed by atoms with E-state index < -0.39 is 0 Å². The van der Waals surface area contributed by atoms with Crippen molar-refractivity contribution >= 4 is 21.8 Å². The predicted molar refractivity (Wildman–Crippen MR) is 94.6 cm³/mol. The normalized spacial score (nSPS) is 14.9. The molecule has 1 aliphatic rings.